The number of hydrazine groups is 1. The summed E-state index contributed by atoms with van der Waals surface area (Å²) in [5.74, 6) is 0.135. The van der Waals surface area contributed by atoms with Crippen LogP contribution in [0.25, 0.3) is 22.2 Å². The lowest BCUT2D eigenvalue weighted by Crippen LogP contribution is -2.29. The van der Waals surface area contributed by atoms with E-state index in [-0.39, 0.29) is 5.91 Å². The lowest BCUT2D eigenvalue weighted by atomic mass is 10.1. The molecule has 122 valence electrons. The van der Waals surface area contributed by atoms with Crippen LogP contribution in [0.5, 0.6) is 0 Å². The van der Waals surface area contributed by atoms with Gasteiger partial charge in [-0.3, -0.25) is 15.6 Å². The number of carbonyl (C=O) groups is 1. The summed E-state index contributed by atoms with van der Waals surface area (Å²) in [6, 6.07) is 21.3. The van der Waals surface area contributed by atoms with Crippen LogP contribution in [0.3, 0.4) is 0 Å². The van der Waals surface area contributed by atoms with E-state index in [2.05, 4.69) is 20.8 Å². The van der Waals surface area contributed by atoms with Gasteiger partial charge in [0.25, 0.3) is 5.91 Å². The van der Waals surface area contributed by atoms with E-state index in [0.29, 0.717) is 10.8 Å². The van der Waals surface area contributed by atoms with Crippen molar-refractivity contribution in [2.75, 3.05) is 5.43 Å². The van der Waals surface area contributed by atoms with Crippen LogP contribution >= 0.6 is 11.3 Å². The van der Waals surface area contributed by atoms with Gasteiger partial charge in [-0.15, -0.1) is 11.3 Å². The summed E-state index contributed by atoms with van der Waals surface area (Å²) in [4.78, 5) is 21.8. The molecular weight excluding hydrogens is 332 g/mol. The number of fused-ring (bicyclic) bond motifs is 1. The molecule has 4 rings (SSSR count). The van der Waals surface area contributed by atoms with Crippen LogP contribution in [0.1, 0.15) is 9.67 Å². The number of rotatable bonds is 4. The smallest absolute Gasteiger partial charge is 0.266 e. The lowest BCUT2D eigenvalue weighted by Gasteiger charge is -2.10. The third kappa shape index (κ3) is 3.20. The number of benzene rings is 2. The molecule has 0 saturated carbocycles. The van der Waals surface area contributed by atoms with Crippen LogP contribution in [0.2, 0.25) is 0 Å². The number of carbonyl (C=O) groups excluding carboxylic acids is 1. The molecule has 0 spiro atoms. The fourth-order valence-electron chi connectivity index (χ4n) is 2.53. The average molecular weight is 346 g/mol. The standard InChI is InChI=1S/C19H14N4OS/c24-18(16-11-6-12-25-16)22-23-19-20-15-10-5-4-9-14(15)17(21-19)13-7-2-1-3-8-13/h1-12H,(H,22,24)(H,20,21,23). The van der Waals surface area contributed by atoms with Crippen LogP contribution in [-0.4, -0.2) is 15.9 Å². The Balaban J connectivity index is 1.69. The number of nitrogens with zero attached hydrogens (tertiary/aromatic N) is 2. The second-order valence-corrected chi connectivity index (χ2v) is 6.28. The van der Waals surface area contributed by atoms with E-state index in [1.807, 2.05) is 66.0 Å². The highest BCUT2D eigenvalue weighted by atomic mass is 32.1. The van der Waals surface area contributed by atoms with Crippen LogP contribution < -0.4 is 10.9 Å². The van der Waals surface area contributed by atoms with Crippen molar-refractivity contribution < 1.29 is 4.79 Å². The van der Waals surface area contributed by atoms with Crippen LogP contribution in [0.4, 0.5) is 5.95 Å². The molecule has 2 heterocycles. The quantitative estimate of drug-likeness (QED) is 0.546. The van der Waals surface area contributed by atoms with Gasteiger partial charge < -0.3 is 0 Å². The second-order valence-electron chi connectivity index (χ2n) is 5.34. The molecule has 4 aromatic rings. The maximum Gasteiger partial charge on any atom is 0.279 e. The zero-order valence-corrected chi connectivity index (χ0v) is 14.0. The summed E-state index contributed by atoms with van der Waals surface area (Å²) in [7, 11) is 0. The molecule has 5 nitrogen and oxygen atoms in total. The number of amides is 1. The fraction of sp³-hybridized carbons (Fsp3) is 0. The second kappa shape index (κ2) is 6.70. The zero-order valence-electron chi connectivity index (χ0n) is 13.1. The van der Waals surface area contributed by atoms with Gasteiger partial charge >= 0.3 is 0 Å². The van der Waals surface area contributed by atoms with Crippen molar-refractivity contribution in [3.63, 3.8) is 0 Å². The van der Waals surface area contributed by atoms with Gasteiger partial charge in [-0.05, 0) is 17.5 Å². The van der Waals surface area contributed by atoms with Crippen LogP contribution in [0, 0.1) is 0 Å². The van der Waals surface area contributed by atoms with Gasteiger partial charge in [0.2, 0.25) is 5.95 Å². The minimum Gasteiger partial charge on any atom is -0.266 e. The monoisotopic (exact) mass is 346 g/mol. The molecule has 2 N–H and O–H groups in total. The van der Waals surface area contributed by atoms with E-state index in [4.69, 9.17) is 0 Å². The first-order valence-electron chi connectivity index (χ1n) is 7.73. The summed E-state index contributed by atoms with van der Waals surface area (Å²) in [5, 5.41) is 2.82. The molecule has 25 heavy (non-hydrogen) atoms. The molecule has 0 bridgehead atoms. The predicted octanol–water partition coefficient (Wildman–Crippen LogP) is 4.12. The maximum atomic E-state index is 12.1. The molecular formula is C19H14N4OS. The summed E-state index contributed by atoms with van der Waals surface area (Å²) < 4.78 is 0. The van der Waals surface area contributed by atoms with Gasteiger partial charge in [0.15, 0.2) is 0 Å². The average Bonchev–Trinajstić information content (AvgIpc) is 3.21. The number of para-hydroxylation sites is 1. The summed E-state index contributed by atoms with van der Waals surface area (Å²) in [6.45, 7) is 0. The minimum atomic E-state index is -0.215. The van der Waals surface area contributed by atoms with Gasteiger partial charge in [-0.25, -0.2) is 9.97 Å². The van der Waals surface area contributed by atoms with Crippen molar-refractivity contribution >= 4 is 34.1 Å². The Hall–Kier alpha value is -3.25. The summed E-state index contributed by atoms with van der Waals surface area (Å²) in [6.07, 6.45) is 0. The van der Waals surface area contributed by atoms with E-state index >= 15 is 0 Å². The number of hydrogen-bond acceptors (Lipinski definition) is 5. The lowest BCUT2D eigenvalue weighted by molar-refractivity contribution is 0.0966. The Labute approximate surface area is 148 Å². The number of thiophene rings is 1. The van der Waals surface area contributed by atoms with Crippen molar-refractivity contribution in [1.29, 1.82) is 0 Å². The van der Waals surface area contributed by atoms with Gasteiger partial charge in [-0.1, -0.05) is 54.6 Å². The summed E-state index contributed by atoms with van der Waals surface area (Å²) >= 11 is 1.38. The molecule has 1 amide bonds. The Morgan fingerprint density at radius 2 is 1.68 bits per heavy atom. The van der Waals surface area contributed by atoms with E-state index in [1.54, 1.807) is 6.07 Å². The minimum absolute atomic E-state index is 0.215. The van der Waals surface area contributed by atoms with E-state index in [0.717, 1.165) is 22.2 Å². The summed E-state index contributed by atoms with van der Waals surface area (Å²) in [5.41, 5.74) is 8.08. The van der Waals surface area contributed by atoms with Gasteiger partial charge in [-0.2, -0.15) is 0 Å². The Morgan fingerprint density at radius 3 is 2.48 bits per heavy atom. The first-order chi connectivity index (χ1) is 12.3. The molecule has 0 fully saturated rings. The van der Waals surface area contributed by atoms with Crippen molar-refractivity contribution in [2.45, 2.75) is 0 Å². The molecule has 6 heteroatoms. The predicted molar refractivity (Wildman–Crippen MR) is 100 cm³/mol. The fourth-order valence-corrected chi connectivity index (χ4v) is 3.15. The molecule has 0 saturated heterocycles. The van der Waals surface area contributed by atoms with Gasteiger partial charge in [0, 0.05) is 10.9 Å². The number of hydrogen-bond donors (Lipinski definition) is 2. The van der Waals surface area contributed by atoms with Gasteiger partial charge in [0.05, 0.1) is 16.1 Å². The van der Waals surface area contributed by atoms with Crippen LogP contribution in [0.15, 0.2) is 72.1 Å². The van der Waals surface area contributed by atoms with E-state index in [1.165, 1.54) is 11.3 Å². The Morgan fingerprint density at radius 1 is 0.880 bits per heavy atom. The third-order valence-corrected chi connectivity index (χ3v) is 4.55. The Kier molecular flexibility index (Phi) is 4.10. The van der Waals surface area contributed by atoms with E-state index < -0.39 is 0 Å². The highest BCUT2D eigenvalue weighted by Gasteiger charge is 2.11. The van der Waals surface area contributed by atoms with E-state index in [9.17, 15) is 4.79 Å². The van der Waals surface area contributed by atoms with Crippen molar-refractivity contribution in [2.24, 2.45) is 0 Å². The Bertz CT molecular complexity index is 1020. The zero-order chi connectivity index (χ0) is 17.1. The first-order valence-corrected chi connectivity index (χ1v) is 8.61. The number of aromatic nitrogens is 2. The number of anilines is 1. The molecule has 0 aliphatic rings. The molecule has 0 unspecified atom stereocenters. The van der Waals surface area contributed by atoms with Crippen LogP contribution in [-0.2, 0) is 0 Å². The van der Waals surface area contributed by atoms with Crippen molar-refractivity contribution in [1.82, 2.24) is 15.4 Å². The topological polar surface area (TPSA) is 66.9 Å². The first kappa shape index (κ1) is 15.3. The molecule has 0 atom stereocenters. The molecule has 0 radical (unpaired) electrons. The van der Waals surface area contributed by atoms with Crippen molar-refractivity contribution in [3.8, 4) is 11.3 Å². The number of nitrogens with one attached hydrogen (secondary N) is 2. The molecule has 0 aliphatic heterocycles. The largest absolute Gasteiger partial charge is 0.279 e. The van der Waals surface area contributed by atoms with Gasteiger partial charge in [0.1, 0.15) is 0 Å². The maximum absolute atomic E-state index is 12.1. The van der Waals surface area contributed by atoms with Crippen molar-refractivity contribution in [3.05, 3.63) is 77.0 Å². The highest BCUT2D eigenvalue weighted by Crippen LogP contribution is 2.26. The molecule has 0 aliphatic carbocycles. The molecule has 2 aromatic carbocycles. The molecule has 2 aromatic heterocycles. The SMILES string of the molecule is O=C(NNc1nc(-c2ccccc2)c2ccccc2n1)c1cccs1. The highest BCUT2D eigenvalue weighted by molar-refractivity contribution is 7.12. The normalized spacial score (nSPS) is 10.6. The third-order valence-electron chi connectivity index (χ3n) is 3.68.